The molecule has 1 fully saturated rings. The van der Waals surface area contributed by atoms with Crippen LogP contribution in [-0.2, 0) is 9.53 Å². The van der Waals surface area contributed by atoms with Crippen LogP contribution >= 0.6 is 0 Å². The van der Waals surface area contributed by atoms with Crippen molar-refractivity contribution in [3.8, 4) is 12.3 Å². The highest BCUT2D eigenvalue weighted by Crippen LogP contribution is 2.22. The summed E-state index contributed by atoms with van der Waals surface area (Å²) in [7, 11) is 1.99. The van der Waals surface area contributed by atoms with Gasteiger partial charge >= 0.3 is 0 Å². The van der Waals surface area contributed by atoms with Gasteiger partial charge < -0.3 is 15.4 Å². The van der Waals surface area contributed by atoms with E-state index < -0.39 is 6.10 Å². The SMILES string of the molecule is C#CCNC(=O)C(C)OC1CCC(NC)CC1. The first-order valence-electron chi connectivity index (χ1n) is 6.21. The fraction of sp³-hybridized carbons (Fsp3) is 0.769. The molecule has 0 bridgehead atoms. The molecule has 1 unspecified atom stereocenters. The molecule has 0 aliphatic heterocycles. The maximum atomic E-state index is 11.6. The second-order valence-electron chi connectivity index (χ2n) is 4.46. The van der Waals surface area contributed by atoms with Gasteiger partial charge in [0, 0.05) is 6.04 Å². The summed E-state index contributed by atoms with van der Waals surface area (Å²) >= 11 is 0. The van der Waals surface area contributed by atoms with Crippen LogP contribution in [0.3, 0.4) is 0 Å². The molecule has 1 rings (SSSR count). The average Bonchev–Trinajstić information content (AvgIpc) is 2.36. The first-order valence-corrected chi connectivity index (χ1v) is 6.21. The van der Waals surface area contributed by atoms with E-state index in [1.165, 1.54) is 0 Å². The van der Waals surface area contributed by atoms with Gasteiger partial charge in [-0.15, -0.1) is 6.42 Å². The minimum absolute atomic E-state index is 0.126. The molecule has 0 heterocycles. The minimum atomic E-state index is -0.417. The van der Waals surface area contributed by atoms with Crippen molar-refractivity contribution >= 4 is 5.91 Å². The highest BCUT2D eigenvalue weighted by molar-refractivity contribution is 5.80. The Balaban J connectivity index is 2.25. The van der Waals surface area contributed by atoms with Crippen LogP contribution in [0.5, 0.6) is 0 Å². The fourth-order valence-electron chi connectivity index (χ4n) is 2.12. The number of carbonyl (C=O) groups is 1. The standard InChI is InChI=1S/C13H22N2O2/c1-4-9-15-13(16)10(2)17-12-7-5-11(14-3)6-8-12/h1,10-12,14H,5-9H2,2-3H3,(H,15,16). The maximum Gasteiger partial charge on any atom is 0.249 e. The summed E-state index contributed by atoms with van der Waals surface area (Å²) in [5.74, 6) is 2.25. The summed E-state index contributed by atoms with van der Waals surface area (Å²) in [5.41, 5.74) is 0. The van der Waals surface area contributed by atoms with Crippen LogP contribution < -0.4 is 10.6 Å². The molecule has 1 saturated carbocycles. The highest BCUT2D eigenvalue weighted by atomic mass is 16.5. The van der Waals surface area contributed by atoms with Crippen LogP contribution in [0.2, 0.25) is 0 Å². The molecule has 2 N–H and O–H groups in total. The van der Waals surface area contributed by atoms with Gasteiger partial charge in [-0.1, -0.05) is 5.92 Å². The summed E-state index contributed by atoms with van der Waals surface area (Å²) in [6.07, 6.45) is 9.11. The lowest BCUT2D eigenvalue weighted by molar-refractivity contribution is -0.136. The number of amides is 1. The van der Waals surface area contributed by atoms with Crippen LogP contribution in [-0.4, -0.2) is 37.7 Å². The van der Waals surface area contributed by atoms with Gasteiger partial charge in [-0.05, 0) is 39.7 Å². The lowest BCUT2D eigenvalue weighted by Gasteiger charge is -2.29. The van der Waals surface area contributed by atoms with Gasteiger partial charge in [-0.3, -0.25) is 4.79 Å². The van der Waals surface area contributed by atoms with E-state index in [0.717, 1.165) is 25.7 Å². The Hall–Kier alpha value is -1.05. The Kier molecular flexibility index (Phi) is 6.03. The molecule has 96 valence electrons. The maximum absolute atomic E-state index is 11.6. The zero-order valence-corrected chi connectivity index (χ0v) is 10.7. The van der Waals surface area contributed by atoms with Crippen LogP contribution in [0.25, 0.3) is 0 Å². The van der Waals surface area contributed by atoms with E-state index in [-0.39, 0.29) is 18.6 Å². The Morgan fingerprint density at radius 1 is 1.47 bits per heavy atom. The van der Waals surface area contributed by atoms with Crippen molar-refractivity contribution in [2.45, 2.75) is 50.9 Å². The zero-order chi connectivity index (χ0) is 12.7. The number of terminal acetylenes is 1. The summed E-state index contributed by atoms with van der Waals surface area (Å²) < 4.78 is 5.73. The van der Waals surface area contributed by atoms with Gasteiger partial charge in [0.05, 0.1) is 12.6 Å². The number of rotatable bonds is 5. The van der Waals surface area contributed by atoms with Crippen LogP contribution in [0.15, 0.2) is 0 Å². The normalized spacial score (nSPS) is 25.9. The predicted octanol–water partition coefficient (Wildman–Crippen LogP) is 0.671. The second-order valence-corrected chi connectivity index (χ2v) is 4.46. The minimum Gasteiger partial charge on any atom is -0.365 e. The van der Waals surface area contributed by atoms with E-state index in [1.54, 1.807) is 6.92 Å². The molecule has 4 nitrogen and oxygen atoms in total. The van der Waals surface area contributed by atoms with E-state index in [1.807, 2.05) is 7.05 Å². The summed E-state index contributed by atoms with van der Waals surface area (Å²) in [6.45, 7) is 2.04. The molecule has 0 aromatic heterocycles. The van der Waals surface area contributed by atoms with Crippen LogP contribution in [0.4, 0.5) is 0 Å². The quantitative estimate of drug-likeness (QED) is 0.692. The van der Waals surface area contributed by atoms with Gasteiger partial charge in [0.25, 0.3) is 0 Å². The van der Waals surface area contributed by atoms with Crippen molar-refractivity contribution in [1.82, 2.24) is 10.6 Å². The van der Waals surface area contributed by atoms with E-state index in [0.29, 0.717) is 6.04 Å². The number of nitrogens with one attached hydrogen (secondary N) is 2. The molecular weight excluding hydrogens is 216 g/mol. The lowest BCUT2D eigenvalue weighted by Crippen LogP contribution is -2.39. The molecule has 0 saturated heterocycles. The molecule has 17 heavy (non-hydrogen) atoms. The van der Waals surface area contributed by atoms with E-state index in [4.69, 9.17) is 11.2 Å². The second kappa shape index (κ2) is 7.31. The van der Waals surface area contributed by atoms with Crippen LogP contribution in [0.1, 0.15) is 32.6 Å². The lowest BCUT2D eigenvalue weighted by atomic mass is 9.93. The molecule has 0 spiro atoms. The Morgan fingerprint density at radius 3 is 2.65 bits per heavy atom. The Bertz CT molecular complexity index is 278. The van der Waals surface area contributed by atoms with Crippen molar-refractivity contribution in [2.75, 3.05) is 13.6 Å². The highest BCUT2D eigenvalue weighted by Gasteiger charge is 2.24. The molecule has 1 aliphatic carbocycles. The molecule has 0 aromatic carbocycles. The topological polar surface area (TPSA) is 50.4 Å². The van der Waals surface area contributed by atoms with Crippen molar-refractivity contribution in [1.29, 1.82) is 0 Å². The van der Waals surface area contributed by atoms with Crippen molar-refractivity contribution in [2.24, 2.45) is 0 Å². The van der Waals surface area contributed by atoms with Crippen molar-refractivity contribution in [3.05, 3.63) is 0 Å². The monoisotopic (exact) mass is 238 g/mol. The fourth-order valence-corrected chi connectivity index (χ4v) is 2.12. The molecule has 4 heteroatoms. The number of hydrogen-bond donors (Lipinski definition) is 2. The first kappa shape index (κ1) is 14.0. The van der Waals surface area contributed by atoms with Crippen molar-refractivity contribution < 1.29 is 9.53 Å². The van der Waals surface area contributed by atoms with Gasteiger partial charge in [0.15, 0.2) is 0 Å². The third-order valence-corrected chi connectivity index (χ3v) is 3.21. The first-order chi connectivity index (χ1) is 8.17. The third kappa shape index (κ3) is 4.76. The van der Waals surface area contributed by atoms with Gasteiger partial charge in [0.1, 0.15) is 6.10 Å². The molecule has 1 aliphatic rings. The number of hydrogen-bond acceptors (Lipinski definition) is 3. The molecule has 1 atom stereocenters. The summed E-state index contributed by atoms with van der Waals surface area (Å²) in [6, 6.07) is 0.598. The smallest absolute Gasteiger partial charge is 0.249 e. The Morgan fingerprint density at radius 2 is 2.12 bits per heavy atom. The Labute approximate surface area is 103 Å². The van der Waals surface area contributed by atoms with Gasteiger partial charge in [-0.2, -0.15) is 0 Å². The zero-order valence-electron chi connectivity index (χ0n) is 10.7. The molecular formula is C13H22N2O2. The van der Waals surface area contributed by atoms with E-state index in [9.17, 15) is 4.79 Å². The molecule has 0 radical (unpaired) electrons. The number of carbonyl (C=O) groups excluding carboxylic acids is 1. The van der Waals surface area contributed by atoms with Gasteiger partial charge in [-0.25, -0.2) is 0 Å². The van der Waals surface area contributed by atoms with E-state index in [2.05, 4.69) is 16.6 Å². The summed E-state index contributed by atoms with van der Waals surface area (Å²) in [5, 5.41) is 5.90. The largest absolute Gasteiger partial charge is 0.365 e. The molecule has 1 amide bonds. The van der Waals surface area contributed by atoms with Crippen LogP contribution in [0, 0.1) is 12.3 Å². The molecule has 0 aromatic rings. The summed E-state index contributed by atoms with van der Waals surface area (Å²) in [4.78, 5) is 11.6. The van der Waals surface area contributed by atoms with Gasteiger partial charge in [0.2, 0.25) is 5.91 Å². The number of ether oxygens (including phenoxy) is 1. The third-order valence-electron chi connectivity index (χ3n) is 3.21. The van der Waals surface area contributed by atoms with E-state index >= 15 is 0 Å². The van der Waals surface area contributed by atoms with Crippen molar-refractivity contribution in [3.63, 3.8) is 0 Å². The average molecular weight is 238 g/mol. The predicted molar refractivity (Wildman–Crippen MR) is 67.5 cm³/mol.